The van der Waals surface area contributed by atoms with E-state index in [9.17, 15) is 14.3 Å². The van der Waals surface area contributed by atoms with Gasteiger partial charge in [0, 0.05) is 13.6 Å². The van der Waals surface area contributed by atoms with Crippen LogP contribution >= 0.6 is 0 Å². The summed E-state index contributed by atoms with van der Waals surface area (Å²) in [6.07, 6.45) is 0. The maximum Gasteiger partial charge on any atom is 0.256 e. The van der Waals surface area contributed by atoms with Gasteiger partial charge < -0.3 is 10.0 Å². The summed E-state index contributed by atoms with van der Waals surface area (Å²) in [5.41, 5.74) is 1.61. The van der Waals surface area contributed by atoms with E-state index in [1.807, 2.05) is 0 Å². The van der Waals surface area contributed by atoms with Gasteiger partial charge in [-0.15, -0.1) is 0 Å². The number of amides is 1. The Balaban J connectivity index is 2.16. The summed E-state index contributed by atoms with van der Waals surface area (Å²) in [5.74, 6) is -0.756. The Bertz CT molecular complexity index is 640. The number of hydrogen-bond donors (Lipinski definition) is 1. The van der Waals surface area contributed by atoms with Crippen molar-refractivity contribution < 1.29 is 14.3 Å². The van der Waals surface area contributed by atoms with Crippen molar-refractivity contribution in [1.82, 2.24) is 4.90 Å². The lowest BCUT2D eigenvalue weighted by Gasteiger charge is -2.18. The zero-order valence-electron chi connectivity index (χ0n) is 11.4. The van der Waals surface area contributed by atoms with Crippen LogP contribution in [0.4, 0.5) is 4.39 Å². The summed E-state index contributed by atoms with van der Waals surface area (Å²) in [5, 5.41) is 9.39. The summed E-state index contributed by atoms with van der Waals surface area (Å²) in [6, 6.07) is 11.2. The highest BCUT2D eigenvalue weighted by molar-refractivity contribution is 5.94. The number of phenols is 1. The third-order valence-corrected chi connectivity index (χ3v) is 3.03. The predicted molar refractivity (Wildman–Crippen MR) is 75.0 cm³/mol. The Labute approximate surface area is 117 Å². The molecule has 4 heteroatoms. The summed E-state index contributed by atoms with van der Waals surface area (Å²) in [7, 11) is 1.60. The van der Waals surface area contributed by atoms with Gasteiger partial charge in [-0.25, -0.2) is 4.39 Å². The Morgan fingerprint density at radius 2 is 2.00 bits per heavy atom. The Kier molecular flexibility index (Phi) is 4.03. The molecule has 0 aliphatic rings. The fourth-order valence-electron chi connectivity index (χ4n) is 2.00. The van der Waals surface area contributed by atoms with Crippen LogP contribution in [0.2, 0.25) is 0 Å². The second-order valence-corrected chi connectivity index (χ2v) is 4.81. The SMILES string of the molecule is Cc1ccc(C(=O)N(C)Cc2cccc(O)c2)c(F)c1. The van der Waals surface area contributed by atoms with Crippen molar-refractivity contribution in [2.45, 2.75) is 13.5 Å². The highest BCUT2D eigenvalue weighted by Gasteiger charge is 2.16. The monoisotopic (exact) mass is 273 g/mol. The number of nitrogens with zero attached hydrogens (tertiary/aromatic N) is 1. The van der Waals surface area contributed by atoms with Crippen LogP contribution in [0.3, 0.4) is 0 Å². The molecule has 1 N–H and O–H groups in total. The molecule has 3 nitrogen and oxygen atoms in total. The average molecular weight is 273 g/mol. The molecule has 0 radical (unpaired) electrons. The van der Waals surface area contributed by atoms with E-state index < -0.39 is 5.82 Å². The van der Waals surface area contributed by atoms with Crippen molar-refractivity contribution in [3.63, 3.8) is 0 Å². The minimum atomic E-state index is -0.516. The molecule has 0 aromatic heterocycles. The largest absolute Gasteiger partial charge is 0.508 e. The Hall–Kier alpha value is -2.36. The van der Waals surface area contributed by atoms with Gasteiger partial charge in [0.15, 0.2) is 0 Å². The predicted octanol–water partition coefficient (Wildman–Crippen LogP) is 3.11. The van der Waals surface area contributed by atoms with Crippen molar-refractivity contribution >= 4 is 5.91 Å². The molecule has 0 aliphatic carbocycles. The molecule has 0 spiro atoms. The van der Waals surface area contributed by atoms with Gasteiger partial charge in [-0.1, -0.05) is 18.2 Å². The van der Waals surface area contributed by atoms with Gasteiger partial charge in [-0.3, -0.25) is 4.79 Å². The van der Waals surface area contributed by atoms with Gasteiger partial charge in [0.05, 0.1) is 5.56 Å². The summed E-state index contributed by atoms with van der Waals surface area (Å²) < 4.78 is 13.8. The average Bonchev–Trinajstić information content (AvgIpc) is 2.38. The van der Waals surface area contributed by atoms with Gasteiger partial charge in [0.1, 0.15) is 11.6 Å². The third kappa shape index (κ3) is 3.15. The minimum absolute atomic E-state index is 0.0539. The molecule has 0 fully saturated rings. The fraction of sp³-hybridized carbons (Fsp3) is 0.188. The highest BCUT2D eigenvalue weighted by Crippen LogP contribution is 2.16. The van der Waals surface area contributed by atoms with Crippen molar-refractivity contribution in [2.24, 2.45) is 0 Å². The fourth-order valence-corrected chi connectivity index (χ4v) is 2.00. The van der Waals surface area contributed by atoms with Crippen molar-refractivity contribution in [1.29, 1.82) is 0 Å². The van der Waals surface area contributed by atoms with Gasteiger partial charge >= 0.3 is 0 Å². The molecular formula is C16H16FNO2. The Morgan fingerprint density at radius 3 is 2.65 bits per heavy atom. The van der Waals surface area contributed by atoms with Gasteiger partial charge in [-0.2, -0.15) is 0 Å². The standard InChI is InChI=1S/C16H16FNO2/c1-11-6-7-14(15(17)8-11)16(20)18(2)10-12-4-3-5-13(19)9-12/h3-9,19H,10H2,1-2H3. The molecule has 104 valence electrons. The first kappa shape index (κ1) is 14.1. The number of benzene rings is 2. The van der Waals surface area contributed by atoms with E-state index in [-0.39, 0.29) is 17.2 Å². The molecule has 20 heavy (non-hydrogen) atoms. The number of carbonyl (C=O) groups excluding carboxylic acids is 1. The van der Waals surface area contributed by atoms with E-state index in [1.54, 1.807) is 44.3 Å². The first-order chi connectivity index (χ1) is 9.47. The second-order valence-electron chi connectivity index (χ2n) is 4.81. The molecular weight excluding hydrogens is 257 g/mol. The quantitative estimate of drug-likeness (QED) is 0.933. The second kappa shape index (κ2) is 5.74. The topological polar surface area (TPSA) is 40.5 Å². The molecule has 2 aromatic rings. The molecule has 1 amide bonds. The third-order valence-electron chi connectivity index (χ3n) is 3.03. The van der Waals surface area contributed by atoms with Crippen LogP contribution in [-0.4, -0.2) is 23.0 Å². The summed E-state index contributed by atoms with van der Waals surface area (Å²) >= 11 is 0. The zero-order valence-corrected chi connectivity index (χ0v) is 11.4. The first-order valence-electron chi connectivity index (χ1n) is 6.27. The maximum atomic E-state index is 13.8. The van der Waals surface area contributed by atoms with Crippen molar-refractivity contribution in [3.8, 4) is 5.75 Å². The zero-order chi connectivity index (χ0) is 14.7. The molecule has 0 atom stereocenters. The first-order valence-corrected chi connectivity index (χ1v) is 6.27. The molecule has 0 heterocycles. The van der Waals surface area contributed by atoms with E-state index in [2.05, 4.69) is 0 Å². The lowest BCUT2D eigenvalue weighted by atomic mass is 10.1. The molecule has 0 unspecified atom stereocenters. The molecule has 0 bridgehead atoms. The van der Waals surface area contributed by atoms with Crippen LogP contribution in [0.25, 0.3) is 0 Å². The van der Waals surface area contributed by atoms with E-state index >= 15 is 0 Å². The number of carbonyl (C=O) groups is 1. The molecule has 0 saturated carbocycles. The Morgan fingerprint density at radius 1 is 1.25 bits per heavy atom. The van der Waals surface area contributed by atoms with E-state index in [0.717, 1.165) is 11.1 Å². The van der Waals surface area contributed by atoms with E-state index in [1.165, 1.54) is 17.0 Å². The normalized spacial score (nSPS) is 10.3. The van der Waals surface area contributed by atoms with Crippen molar-refractivity contribution in [3.05, 3.63) is 65.0 Å². The van der Waals surface area contributed by atoms with E-state index in [0.29, 0.717) is 6.54 Å². The molecule has 0 aliphatic heterocycles. The number of aromatic hydroxyl groups is 1. The molecule has 2 aromatic carbocycles. The smallest absolute Gasteiger partial charge is 0.256 e. The molecule has 0 saturated heterocycles. The van der Waals surface area contributed by atoms with Crippen LogP contribution in [0, 0.1) is 12.7 Å². The number of phenolic OH excluding ortho intramolecular Hbond substituents is 1. The molecule has 2 rings (SSSR count). The van der Waals surface area contributed by atoms with Gasteiger partial charge in [0.25, 0.3) is 5.91 Å². The summed E-state index contributed by atoms with van der Waals surface area (Å²) in [4.78, 5) is 13.6. The highest BCUT2D eigenvalue weighted by atomic mass is 19.1. The van der Waals surface area contributed by atoms with Gasteiger partial charge in [0.2, 0.25) is 0 Å². The lowest BCUT2D eigenvalue weighted by Crippen LogP contribution is -2.27. The van der Waals surface area contributed by atoms with Crippen LogP contribution in [0.15, 0.2) is 42.5 Å². The number of halogens is 1. The van der Waals surface area contributed by atoms with Crippen molar-refractivity contribution in [2.75, 3.05) is 7.05 Å². The van der Waals surface area contributed by atoms with E-state index in [4.69, 9.17) is 0 Å². The van der Waals surface area contributed by atoms with Crippen LogP contribution in [-0.2, 0) is 6.54 Å². The van der Waals surface area contributed by atoms with Crippen LogP contribution in [0.5, 0.6) is 5.75 Å². The lowest BCUT2D eigenvalue weighted by molar-refractivity contribution is 0.0780. The van der Waals surface area contributed by atoms with Crippen LogP contribution in [0.1, 0.15) is 21.5 Å². The minimum Gasteiger partial charge on any atom is -0.508 e. The number of aryl methyl sites for hydroxylation is 1. The van der Waals surface area contributed by atoms with Crippen LogP contribution < -0.4 is 0 Å². The number of hydrogen-bond acceptors (Lipinski definition) is 2. The number of rotatable bonds is 3. The summed E-state index contributed by atoms with van der Waals surface area (Å²) in [6.45, 7) is 2.08. The van der Waals surface area contributed by atoms with Gasteiger partial charge in [-0.05, 0) is 42.3 Å². The maximum absolute atomic E-state index is 13.8.